The van der Waals surface area contributed by atoms with Crippen LogP contribution in [-0.2, 0) is 9.59 Å². The van der Waals surface area contributed by atoms with E-state index in [1.807, 2.05) is 6.92 Å². The van der Waals surface area contributed by atoms with Crippen molar-refractivity contribution in [3.8, 4) is 11.5 Å². The number of nitrogens with zero attached hydrogens (tertiary/aromatic N) is 1. The number of benzene rings is 1. The smallest absolute Gasteiger partial charge is 0.243 e. The highest BCUT2D eigenvalue weighted by Crippen LogP contribution is 2.32. The minimum atomic E-state index is -0.209. The van der Waals surface area contributed by atoms with Crippen molar-refractivity contribution in [3.63, 3.8) is 0 Å². The summed E-state index contributed by atoms with van der Waals surface area (Å²) in [5.74, 6) is 1.16. The molecule has 0 bridgehead atoms. The molecule has 2 atom stereocenters. The minimum Gasteiger partial charge on any atom is -0.486 e. The molecule has 0 aliphatic carbocycles. The molecule has 0 radical (unpaired) electrons. The van der Waals surface area contributed by atoms with Gasteiger partial charge in [-0.1, -0.05) is 0 Å². The summed E-state index contributed by atoms with van der Waals surface area (Å²) < 4.78 is 11.0. The molecule has 1 aromatic carbocycles. The molecule has 0 unspecified atom stereocenters. The number of amides is 2. The first-order valence-electron chi connectivity index (χ1n) is 9.28. The number of halogens is 1. The van der Waals surface area contributed by atoms with Gasteiger partial charge in [-0.2, -0.15) is 0 Å². The summed E-state index contributed by atoms with van der Waals surface area (Å²) in [6.45, 7) is 6.44. The Morgan fingerprint density at radius 3 is 2.70 bits per heavy atom. The van der Waals surface area contributed by atoms with Crippen molar-refractivity contribution in [3.05, 3.63) is 18.2 Å². The zero-order chi connectivity index (χ0) is 18.5. The molecule has 2 amide bonds. The molecule has 1 aromatic rings. The Kier molecular flexibility index (Phi) is 7.74. The van der Waals surface area contributed by atoms with Gasteiger partial charge >= 0.3 is 0 Å². The molecule has 2 heterocycles. The second kappa shape index (κ2) is 9.80. The number of ether oxygens (including phenoxy) is 2. The van der Waals surface area contributed by atoms with Gasteiger partial charge in [-0.3, -0.25) is 9.59 Å². The second-order valence-corrected chi connectivity index (χ2v) is 6.84. The van der Waals surface area contributed by atoms with E-state index in [1.165, 1.54) is 0 Å². The highest BCUT2D eigenvalue weighted by molar-refractivity contribution is 5.95. The highest BCUT2D eigenvalue weighted by Gasteiger charge is 2.28. The third kappa shape index (κ3) is 5.49. The van der Waals surface area contributed by atoms with Crippen molar-refractivity contribution in [1.82, 2.24) is 10.2 Å². The van der Waals surface area contributed by atoms with Crippen molar-refractivity contribution < 1.29 is 19.1 Å². The molecule has 2 aliphatic heterocycles. The van der Waals surface area contributed by atoms with Gasteiger partial charge in [-0.25, -0.2) is 0 Å². The normalized spacial score (nSPS) is 21.0. The van der Waals surface area contributed by atoms with Crippen LogP contribution in [-0.4, -0.2) is 55.6 Å². The average molecular weight is 398 g/mol. The van der Waals surface area contributed by atoms with Crippen LogP contribution >= 0.6 is 12.4 Å². The first-order valence-corrected chi connectivity index (χ1v) is 9.28. The summed E-state index contributed by atoms with van der Waals surface area (Å²) in [5.41, 5.74) is 0.637. The van der Waals surface area contributed by atoms with Gasteiger partial charge in [0.15, 0.2) is 11.5 Å². The maximum Gasteiger partial charge on any atom is 0.243 e. The molecule has 1 saturated heterocycles. The Morgan fingerprint density at radius 1 is 1.26 bits per heavy atom. The van der Waals surface area contributed by atoms with E-state index in [4.69, 9.17) is 9.47 Å². The summed E-state index contributed by atoms with van der Waals surface area (Å²) in [4.78, 5) is 26.8. The number of carbonyl (C=O) groups excluding carboxylic acids is 2. The van der Waals surface area contributed by atoms with Crippen LogP contribution in [0.2, 0.25) is 0 Å². The van der Waals surface area contributed by atoms with E-state index < -0.39 is 0 Å². The van der Waals surface area contributed by atoms with E-state index in [-0.39, 0.29) is 36.7 Å². The Hall–Kier alpha value is -1.99. The van der Waals surface area contributed by atoms with Crippen molar-refractivity contribution in [2.45, 2.75) is 32.7 Å². The molecule has 2 N–H and O–H groups in total. The van der Waals surface area contributed by atoms with Crippen LogP contribution < -0.4 is 20.1 Å². The first kappa shape index (κ1) is 21.3. The maximum absolute atomic E-state index is 12.7. The van der Waals surface area contributed by atoms with Gasteiger partial charge in [-0.15, -0.1) is 12.4 Å². The molecular formula is C19H28ClN3O4. The number of nitrogens with one attached hydrogen (secondary N) is 2. The maximum atomic E-state index is 12.7. The van der Waals surface area contributed by atoms with Gasteiger partial charge < -0.3 is 25.0 Å². The van der Waals surface area contributed by atoms with Gasteiger partial charge in [0.25, 0.3) is 0 Å². The number of piperidine rings is 1. The number of carbonyl (C=O) groups is 2. The van der Waals surface area contributed by atoms with E-state index in [1.54, 1.807) is 23.1 Å². The van der Waals surface area contributed by atoms with E-state index in [0.29, 0.717) is 43.0 Å². The first-order chi connectivity index (χ1) is 12.6. The topological polar surface area (TPSA) is 79.9 Å². The molecule has 27 heavy (non-hydrogen) atoms. The lowest BCUT2D eigenvalue weighted by Crippen LogP contribution is -2.46. The van der Waals surface area contributed by atoms with Crippen molar-refractivity contribution in [1.29, 1.82) is 0 Å². The second-order valence-electron chi connectivity index (χ2n) is 6.84. The van der Waals surface area contributed by atoms with E-state index in [9.17, 15) is 9.59 Å². The predicted molar refractivity (Wildman–Crippen MR) is 106 cm³/mol. The number of anilines is 1. The number of hydrogen-bond acceptors (Lipinski definition) is 5. The van der Waals surface area contributed by atoms with Crippen molar-refractivity contribution in [2.75, 3.05) is 38.2 Å². The Morgan fingerprint density at radius 2 is 2.00 bits per heavy atom. The fourth-order valence-electron chi connectivity index (χ4n) is 3.45. The highest BCUT2D eigenvalue weighted by atomic mass is 35.5. The zero-order valence-corrected chi connectivity index (χ0v) is 16.6. The lowest BCUT2D eigenvalue weighted by atomic mass is 9.92. The molecule has 8 heteroatoms. The molecular weight excluding hydrogens is 370 g/mol. The largest absolute Gasteiger partial charge is 0.486 e. The average Bonchev–Trinajstić information content (AvgIpc) is 2.65. The minimum absolute atomic E-state index is 0. The van der Waals surface area contributed by atoms with Crippen LogP contribution in [0.5, 0.6) is 11.5 Å². The molecule has 3 rings (SSSR count). The SMILES string of the molecule is CCN(CC(=O)Nc1ccc2c(c1)OCCO2)C(=O)[C@H]1CCN[C@@H](C)C1.Cl. The van der Waals surface area contributed by atoms with Gasteiger partial charge in [0, 0.05) is 30.3 Å². The number of hydrogen-bond donors (Lipinski definition) is 2. The van der Waals surface area contributed by atoms with E-state index >= 15 is 0 Å². The van der Waals surface area contributed by atoms with E-state index in [0.717, 1.165) is 19.4 Å². The molecule has 150 valence electrons. The lowest BCUT2D eigenvalue weighted by molar-refractivity contribution is -0.139. The Bertz CT molecular complexity index is 670. The van der Waals surface area contributed by atoms with E-state index in [2.05, 4.69) is 17.6 Å². The molecule has 7 nitrogen and oxygen atoms in total. The van der Waals surface area contributed by atoms with Gasteiger partial charge in [0.1, 0.15) is 13.2 Å². The standard InChI is InChI=1S/C19H27N3O4.ClH/c1-3-22(19(24)14-6-7-20-13(2)10-14)12-18(23)21-15-4-5-16-17(11-15)26-9-8-25-16;/h4-5,11,13-14,20H,3,6-10,12H2,1-2H3,(H,21,23);1H/t13-,14-;/m0./s1. The monoisotopic (exact) mass is 397 g/mol. The molecule has 0 spiro atoms. The van der Waals surface area contributed by atoms with Gasteiger partial charge in [0.05, 0.1) is 6.54 Å². The number of fused-ring (bicyclic) bond motifs is 1. The summed E-state index contributed by atoms with van der Waals surface area (Å²) in [6.07, 6.45) is 1.64. The molecule has 2 aliphatic rings. The molecule has 0 aromatic heterocycles. The Labute approximate surface area is 166 Å². The summed E-state index contributed by atoms with van der Waals surface area (Å²) in [7, 11) is 0. The van der Waals surface area contributed by atoms with Crippen molar-refractivity contribution >= 4 is 29.9 Å². The third-order valence-electron chi connectivity index (χ3n) is 4.83. The fraction of sp³-hybridized carbons (Fsp3) is 0.579. The van der Waals surface area contributed by atoms with Crippen LogP contribution in [0.3, 0.4) is 0 Å². The molecule has 1 fully saturated rings. The third-order valence-corrected chi connectivity index (χ3v) is 4.83. The summed E-state index contributed by atoms with van der Waals surface area (Å²) >= 11 is 0. The van der Waals surface area contributed by atoms with Gasteiger partial charge in [0.2, 0.25) is 11.8 Å². The van der Waals surface area contributed by atoms with Gasteiger partial charge in [-0.05, 0) is 45.4 Å². The summed E-state index contributed by atoms with van der Waals surface area (Å²) in [5, 5.41) is 6.19. The Balaban J connectivity index is 0.00000261. The quantitative estimate of drug-likeness (QED) is 0.794. The van der Waals surface area contributed by atoms with Crippen LogP contribution in [0, 0.1) is 5.92 Å². The van der Waals surface area contributed by atoms with Crippen LogP contribution in [0.15, 0.2) is 18.2 Å². The predicted octanol–water partition coefficient (Wildman–Crippen LogP) is 2.05. The van der Waals surface area contributed by atoms with Crippen LogP contribution in [0.25, 0.3) is 0 Å². The number of rotatable bonds is 5. The van der Waals surface area contributed by atoms with Crippen molar-refractivity contribution in [2.24, 2.45) is 5.92 Å². The lowest BCUT2D eigenvalue weighted by Gasteiger charge is -2.31. The summed E-state index contributed by atoms with van der Waals surface area (Å²) in [6, 6.07) is 5.64. The fourth-order valence-corrected chi connectivity index (χ4v) is 3.45. The van der Waals surface area contributed by atoms with Crippen LogP contribution in [0.4, 0.5) is 5.69 Å². The molecule has 0 saturated carbocycles. The van der Waals surface area contributed by atoms with Crippen LogP contribution in [0.1, 0.15) is 26.7 Å². The number of likely N-dealkylation sites (N-methyl/N-ethyl adjacent to an activating group) is 1. The zero-order valence-electron chi connectivity index (χ0n) is 15.8.